The van der Waals surface area contributed by atoms with E-state index in [9.17, 15) is 4.79 Å². The monoisotopic (exact) mass is 374 g/mol. The fourth-order valence-corrected chi connectivity index (χ4v) is 4.38. The summed E-state index contributed by atoms with van der Waals surface area (Å²) in [5.41, 5.74) is 4.33. The summed E-state index contributed by atoms with van der Waals surface area (Å²) < 4.78 is 10.9. The average molecular weight is 374 g/mol. The Bertz CT molecular complexity index is 1090. The number of hydrogen-bond donors (Lipinski definition) is 0. The Hall–Kier alpha value is -3.05. The molecule has 0 aliphatic carbocycles. The van der Waals surface area contributed by atoms with Crippen LogP contribution in [0.5, 0.6) is 11.5 Å². The highest BCUT2D eigenvalue weighted by Crippen LogP contribution is 2.38. The van der Waals surface area contributed by atoms with E-state index in [1.807, 2.05) is 29.2 Å². The lowest BCUT2D eigenvalue weighted by molar-refractivity contribution is 0.0971. The van der Waals surface area contributed by atoms with Gasteiger partial charge in [-0.25, -0.2) is 0 Å². The zero-order valence-corrected chi connectivity index (χ0v) is 16.1. The van der Waals surface area contributed by atoms with Crippen LogP contribution in [0.25, 0.3) is 10.8 Å². The number of anilines is 1. The SMILES string of the molecule is COc1cc2c(cc1OC)CN(CN1C(=O)c3cccc4cccc1c34)CC2. The van der Waals surface area contributed by atoms with Gasteiger partial charge in [0, 0.05) is 24.0 Å². The number of fused-ring (bicyclic) bond motifs is 1. The average Bonchev–Trinajstić information content (AvgIpc) is 3.00. The topological polar surface area (TPSA) is 42.0 Å². The molecule has 0 spiro atoms. The molecule has 0 bridgehead atoms. The van der Waals surface area contributed by atoms with Crippen LogP contribution in [0.4, 0.5) is 5.69 Å². The maximum absolute atomic E-state index is 13.0. The summed E-state index contributed by atoms with van der Waals surface area (Å²) in [6, 6.07) is 16.2. The first-order valence-corrected chi connectivity index (χ1v) is 9.49. The van der Waals surface area contributed by atoms with Crippen LogP contribution in [-0.2, 0) is 13.0 Å². The van der Waals surface area contributed by atoms with E-state index >= 15 is 0 Å². The fourth-order valence-electron chi connectivity index (χ4n) is 4.38. The van der Waals surface area contributed by atoms with Gasteiger partial charge in [0.15, 0.2) is 11.5 Å². The molecule has 142 valence electrons. The van der Waals surface area contributed by atoms with Gasteiger partial charge in [0.2, 0.25) is 0 Å². The van der Waals surface area contributed by atoms with Gasteiger partial charge in [0.1, 0.15) is 0 Å². The molecule has 0 atom stereocenters. The number of benzene rings is 3. The summed E-state index contributed by atoms with van der Waals surface area (Å²) >= 11 is 0. The molecule has 0 fully saturated rings. The van der Waals surface area contributed by atoms with Gasteiger partial charge in [-0.2, -0.15) is 0 Å². The molecule has 0 aromatic heterocycles. The third kappa shape index (κ3) is 2.54. The minimum atomic E-state index is 0.0879. The molecule has 5 rings (SSSR count). The molecule has 0 N–H and O–H groups in total. The van der Waals surface area contributed by atoms with E-state index < -0.39 is 0 Å². The first-order chi connectivity index (χ1) is 13.7. The number of carbonyl (C=O) groups excluding carboxylic acids is 1. The van der Waals surface area contributed by atoms with Crippen LogP contribution in [0.3, 0.4) is 0 Å². The van der Waals surface area contributed by atoms with Crippen molar-refractivity contribution in [2.45, 2.75) is 13.0 Å². The summed E-state index contributed by atoms with van der Waals surface area (Å²) in [5.74, 6) is 1.61. The number of rotatable bonds is 4. The van der Waals surface area contributed by atoms with Crippen LogP contribution in [-0.4, -0.2) is 38.2 Å². The first-order valence-electron chi connectivity index (χ1n) is 9.49. The third-order valence-corrected chi connectivity index (χ3v) is 5.79. The van der Waals surface area contributed by atoms with Crippen molar-refractivity contribution in [3.63, 3.8) is 0 Å². The molecule has 2 aliphatic heterocycles. The fraction of sp³-hybridized carbons (Fsp3) is 0.261. The molecule has 2 heterocycles. The van der Waals surface area contributed by atoms with E-state index in [2.05, 4.69) is 29.2 Å². The Kier molecular flexibility index (Phi) is 3.98. The van der Waals surface area contributed by atoms with Crippen molar-refractivity contribution in [2.75, 3.05) is 32.3 Å². The van der Waals surface area contributed by atoms with Gasteiger partial charge in [-0.3, -0.25) is 14.6 Å². The lowest BCUT2D eigenvalue weighted by Gasteiger charge is -2.33. The Morgan fingerprint density at radius 3 is 2.43 bits per heavy atom. The number of methoxy groups -OCH3 is 2. The van der Waals surface area contributed by atoms with Gasteiger partial charge in [-0.1, -0.05) is 24.3 Å². The molecule has 2 aliphatic rings. The highest BCUT2D eigenvalue weighted by molar-refractivity contribution is 6.24. The molecule has 3 aromatic rings. The standard InChI is InChI=1S/C23H22N2O3/c1-27-20-11-16-9-10-24(13-17(16)12-21(20)28-2)14-25-19-8-4-6-15-5-3-7-18(22(15)19)23(25)26/h3-8,11-12H,9-10,13-14H2,1-2H3. The minimum absolute atomic E-state index is 0.0879. The van der Waals surface area contributed by atoms with E-state index in [0.717, 1.165) is 53.0 Å². The summed E-state index contributed by atoms with van der Waals surface area (Å²) in [6.45, 7) is 2.27. The maximum atomic E-state index is 13.0. The second-order valence-corrected chi connectivity index (χ2v) is 7.33. The van der Waals surface area contributed by atoms with Crippen LogP contribution in [0, 0.1) is 0 Å². The molecule has 5 nitrogen and oxygen atoms in total. The van der Waals surface area contributed by atoms with Gasteiger partial charge in [0.05, 0.1) is 26.6 Å². The number of amides is 1. The molecule has 28 heavy (non-hydrogen) atoms. The molecule has 0 unspecified atom stereocenters. The molecule has 1 amide bonds. The van der Waals surface area contributed by atoms with Gasteiger partial charge < -0.3 is 9.47 Å². The minimum Gasteiger partial charge on any atom is -0.493 e. The smallest absolute Gasteiger partial charge is 0.260 e. The Balaban J connectivity index is 1.43. The van der Waals surface area contributed by atoms with E-state index in [4.69, 9.17) is 9.47 Å². The highest BCUT2D eigenvalue weighted by atomic mass is 16.5. The van der Waals surface area contributed by atoms with Crippen LogP contribution in [0.1, 0.15) is 21.5 Å². The van der Waals surface area contributed by atoms with Crippen LogP contribution < -0.4 is 14.4 Å². The Morgan fingerprint density at radius 2 is 1.68 bits per heavy atom. The molecule has 0 saturated heterocycles. The van der Waals surface area contributed by atoms with E-state index in [-0.39, 0.29) is 5.91 Å². The van der Waals surface area contributed by atoms with Crippen LogP contribution in [0.2, 0.25) is 0 Å². The first kappa shape index (κ1) is 17.1. The summed E-state index contributed by atoms with van der Waals surface area (Å²) in [4.78, 5) is 17.3. The van der Waals surface area contributed by atoms with Crippen molar-refractivity contribution in [1.29, 1.82) is 0 Å². The van der Waals surface area contributed by atoms with Crippen molar-refractivity contribution in [2.24, 2.45) is 0 Å². The second-order valence-electron chi connectivity index (χ2n) is 7.33. The van der Waals surface area contributed by atoms with Gasteiger partial charge in [-0.05, 0) is 47.2 Å². The van der Waals surface area contributed by atoms with Crippen molar-refractivity contribution in [3.05, 3.63) is 65.2 Å². The number of ether oxygens (including phenoxy) is 2. The van der Waals surface area contributed by atoms with Crippen molar-refractivity contribution in [3.8, 4) is 11.5 Å². The summed E-state index contributed by atoms with van der Waals surface area (Å²) in [6.07, 6.45) is 0.925. The third-order valence-electron chi connectivity index (χ3n) is 5.79. The Morgan fingerprint density at radius 1 is 0.964 bits per heavy atom. The summed E-state index contributed by atoms with van der Waals surface area (Å²) in [5, 5.41) is 2.19. The van der Waals surface area contributed by atoms with Crippen LogP contribution >= 0.6 is 0 Å². The summed E-state index contributed by atoms with van der Waals surface area (Å²) in [7, 11) is 3.32. The molecular formula is C23H22N2O3. The van der Waals surface area contributed by atoms with Crippen molar-refractivity contribution < 1.29 is 14.3 Å². The lowest BCUT2D eigenvalue weighted by atomic mass is 9.99. The highest BCUT2D eigenvalue weighted by Gasteiger charge is 2.31. The largest absolute Gasteiger partial charge is 0.493 e. The van der Waals surface area contributed by atoms with Crippen molar-refractivity contribution in [1.82, 2.24) is 4.90 Å². The predicted octanol–water partition coefficient (Wildman–Crippen LogP) is 3.83. The quantitative estimate of drug-likeness (QED) is 0.696. The van der Waals surface area contributed by atoms with Gasteiger partial charge in [0.25, 0.3) is 5.91 Å². The van der Waals surface area contributed by atoms with E-state index in [0.29, 0.717) is 6.67 Å². The molecule has 5 heteroatoms. The predicted molar refractivity (Wildman–Crippen MR) is 109 cm³/mol. The van der Waals surface area contributed by atoms with Gasteiger partial charge in [-0.15, -0.1) is 0 Å². The van der Waals surface area contributed by atoms with Gasteiger partial charge >= 0.3 is 0 Å². The molecule has 0 radical (unpaired) electrons. The van der Waals surface area contributed by atoms with E-state index in [1.165, 1.54) is 11.1 Å². The lowest BCUT2D eigenvalue weighted by Crippen LogP contribution is -2.42. The zero-order valence-electron chi connectivity index (χ0n) is 16.1. The van der Waals surface area contributed by atoms with Crippen molar-refractivity contribution >= 4 is 22.4 Å². The number of hydrogen-bond acceptors (Lipinski definition) is 4. The number of carbonyl (C=O) groups is 1. The Labute approximate surface area is 164 Å². The van der Waals surface area contributed by atoms with Crippen LogP contribution in [0.15, 0.2) is 48.5 Å². The zero-order chi connectivity index (χ0) is 19.3. The maximum Gasteiger partial charge on any atom is 0.260 e. The van der Waals surface area contributed by atoms with E-state index in [1.54, 1.807) is 14.2 Å². The molecule has 3 aromatic carbocycles. The molecular weight excluding hydrogens is 352 g/mol. The molecule has 0 saturated carbocycles. The normalized spacial score (nSPS) is 15.8. The number of nitrogens with zero attached hydrogens (tertiary/aromatic N) is 2. The second kappa shape index (κ2) is 6.53.